The number of aliphatic hydroxyl groups is 1. The minimum absolute atomic E-state index is 0.274. The predicted molar refractivity (Wildman–Crippen MR) is 76.1 cm³/mol. The number of aliphatic hydroxyl groups excluding tert-OH is 1. The Labute approximate surface area is 119 Å². The van der Waals surface area contributed by atoms with E-state index in [1.165, 1.54) is 19.4 Å². The third kappa shape index (κ3) is 2.40. The molecule has 0 amide bonds. The summed E-state index contributed by atoms with van der Waals surface area (Å²) in [6.45, 7) is 2.61. The maximum atomic E-state index is 14.3. The number of fused-ring (bicyclic) bond motifs is 1. The Kier molecular flexibility index (Phi) is 3.89. The van der Waals surface area contributed by atoms with Gasteiger partial charge in [0.2, 0.25) is 0 Å². The summed E-state index contributed by atoms with van der Waals surface area (Å²) in [7, 11) is 2.19. The number of halogens is 1. The first-order valence-corrected chi connectivity index (χ1v) is 7.40. The number of hydrogen-bond donors (Lipinski definition) is 1. The molecule has 2 fully saturated rings. The van der Waals surface area contributed by atoms with E-state index in [0.29, 0.717) is 23.3 Å². The van der Waals surface area contributed by atoms with Gasteiger partial charge in [-0.25, -0.2) is 9.37 Å². The molecule has 0 aliphatic carbocycles. The minimum Gasteiger partial charge on any atom is -0.392 e. The number of nitrogens with zero attached hydrogens (tertiary/aromatic N) is 3. The van der Waals surface area contributed by atoms with Crippen LogP contribution in [0.4, 0.5) is 10.2 Å². The van der Waals surface area contributed by atoms with E-state index < -0.39 is 0 Å². The third-order valence-electron chi connectivity index (χ3n) is 4.77. The molecule has 0 aromatic carbocycles. The van der Waals surface area contributed by atoms with Crippen LogP contribution in [-0.2, 0) is 6.61 Å². The smallest absolute Gasteiger partial charge is 0.171 e. The first-order valence-electron chi connectivity index (χ1n) is 7.40. The van der Waals surface area contributed by atoms with Crippen molar-refractivity contribution in [1.29, 1.82) is 0 Å². The second kappa shape index (κ2) is 5.66. The van der Waals surface area contributed by atoms with Crippen molar-refractivity contribution in [3.63, 3.8) is 0 Å². The number of aromatic nitrogens is 1. The standard InChI is InChI=1S/C15H22FN3O/c1-18-7-2-3-11-9-19(8-5-13(11)18)15-14(16)12(10-20)4-6-17-15/h4,6,11,13,20H,2-3,5,7-10H2,1H3. The molecule has 1 N–H and O–H groups in total. The molecular weight excluding hydrogens is 257 g/mol. The van der Waals surface area contributed by atoms with Gasteiger partial charge in [0.1, 0.15) is 0 Å². The molecular formula is C15H22FN3O. The van der Waals surface area contributed by atoms with Crippen LogP contribution >= 0.6 is 0 Å². The van der Waals surface area contributed by atoms with Gasteiger partial charge in [0.05, 0.1) is 6.61 Å². The van der Waals surface area contributed by atoms with Crippen LogP contribution in [0.15, 0.2) is 12.3 Å². The molecule has 0 bridgehead atoms. The zero-order valence-electron chi connectivity index (χ0n) is 11.9. The van der Waals surface area contributed by atoms with E-state index in [1.54, 1.807) is 12.3 Å². The van der Waals surface area contributed by atoms with Crippen LogP contribution in [0, 0.1) is 11.7 Å². The average Bonchev–Trinajstić information content (AvgIpc) is 2.47. The van der Waals surface area contributed by atoms with E-state index in [1.807, 2.05) is 0 Å². The lowest BCUT2D eigenvalue weighted by atomic mass is 9.84. The van der Waals surface area contributed by atoms with Crippen molar-refractivity contribution in [2.24, 2.45) is 5.92 Å². The molecule has 2 unspecified atom stereocenters. The second-order valence-corrected chi connectivity index (χ2v) is 5.95. The van der Waals surface area contributed by atoms with Crippen LogP contribution in [0.5, 0.6) is 0 Å². The van der Waals surface area contributed by atoms with E-state index >= 15 is 0 Å². The lowest BCUT2D eigenvalue weighted by Crippen LogP contribution is -2.53. The number of piperidine rings is 2. The highest BCUT2D eigenvalue weighted by Gasteiger charge is 2.35. The zero-order chi connectivity index (χ0) is 14.1. The summed E-state index contributed by atoms with van der Waals surface area (Å²) in [5.41, 5.74) is 0.331. The molecule has 20 heavy (non-hydrogen) atoms. The van der Waals surface area contributed by atoms with Gasteiger partial charge in [-0.2, -0.15) is 0 Å². The summed E-state index contributed by atoms with van der Waals surface area (Å²) in [6.07, 6.45) is 5.08. The van der Waals surface area contributed by atoms with Crippen molar-refractivity contribution >= 4 is 5.82 Å². The Hall–Kier alpha value is -1.20. The monoisotopic (exact) mass is 279 g/mol. The molecule has 4 nitrogen and oxygen atoms in total. The highest BCUT2D eigenvalue weighted by atomic mass is 19.1. The van der Waals surface area contributed by atoms with Gasteiger partial charge in [0.25, 0.3) is 0 Å². The van der Waals surface area contributed by atoms with Gasteiger partial charge < -0.3 is 14.9 Å². The van der Waals surface area contributed by atoms with Gasteiger partial charge in [-0.15, -0.1) is 0 Å². The minimum atomic E-state index is -0.363. The number of hydrogen-bond acceptors (Lipinski definition) is 4. The van der Waals surface area contributed by atoms with Crippen molar-refractivity contribution in [2.75, 3.05) is 31.6 Å². The van der Waals surface area contributed by atoms with Gasteiger partial charge in [0.15, 0.2) is 11.6 Å². The van der Waals surface area contributed by atoms with E-state index in [9.17, 15) is 9.50 Å². The fourth-order valence-electron chi connectivity index (χ4n) is 3.66. The fourth-order valence-corrected chi connectivity index (χ4v) is 3.66. The third-order valence-corrected chi connectivity index (χ3v) is 4.77. The summed E-state index contributed by atoms with van der Waals surface area (Å²) in [4.78, 5) is 8.69. The van der Waals surface area contributed by atoms with E-state index in [-0.39, 0.29) is 12.4 Å². The largest absolute Gasteiger partial charge is 0.392 e. The normalized spacial score (nSPS) is 27.4. The molecule has 1 aromatic heterocycles. The molecule has 110 valence electrons. The Balaban J connectivity index is 1.79. The van der Waals surface area contributed by atoms with Crippen molar-refractivity contribution in [1.82, 2.24) is 9.88 Å². The Morgan fingerprint density at radius 2 is 2.25 bits per heavy atom. The van der Waals surface area contributed by atoms with Crippen LogP contribution in [-0.4, -0.2) is 47.7 Å². The quantitative estimate of drug-likeness (QED) is 0.893. The van der Waals surface area contributed by atoms with Crippen molar-refractivity contribution in [2.45, 2.75) is 31.9 Å². The van der Waals surface area contributed by atoms with E-state index in [0.717, 1.165) is 19.5 Å². The molecule has 2 atom stereocenters. The molecule has 2 saturated heterocycles. The van der Waals surface area contributed by atoms with Gasteiger partial charge in [-0.1, -0.05) is 0 Å². The zero-order valence-corrected chi connectivity index (χ0v) is 11.9. The van der Waals surface area contributed by atoms with Gasteiger partial charge in [-0.05, 0) is 44.8 Å². The molecule has 0 radical (unpaired) electrons. The molecule has 1 aromatic rings. The van der Waals surface area contributed by atoms with Gasteiger partial charge in [0, 0.05) is 30.9 Å². The van der Waals surface area contributed by atoms with Crippen LogP contribution in [0.1, 0.15) is 24.8 Å². The molecule has 3 rings (SSSR count). The fraction of sp³-hybridized carbons (Fsp3) is 0.667. The number of pyridine rings is 1. The van der Waals surface area contributed by atoms with Crippen molar-refractivity contribution < 1.29 is 9.50 Å². The summed E-state index contributed by atoms with van der Waals surface area (Å²) < 4.78 is 14.3. The van der Waals surface area contributed by atoms with Crippen LogP contribution in [0.3, 0.4) is 0 Å². The van der Waals surface area contributed by atoms with Crippen LogP contribution in [0.25, 0.3) is 0 Å². The van der Waals surface area contributed by atoms with E-state index in [4.69, 9.17) is 0 Å². The molecule has 0 spiro atoms. The molecule has 0 saturated carbocycles. The summed E-state index contributed by atoms with van der Waals surface area (Å²) in [6, 6.07) is 2.17. The molecule has 3 heterocycles. The maximum absolute atomic E-state index is 14.3. The molecule has 2 aliphatic heterocycles. The van der Waals surface area contributed by atoms with Crippen molar-refractivity contribution in [3.05, 3.63) is 23.6 Å². The number of rotatable bonds is 2. The maximum Gasteiger partial charge on any atom is 0.171 e. The second-order valence-electron chi connectivity index (χ2n) is 5.95. The Morgan fingerprint density at radius 1 is 1.40 bits per heavy atom. The lowest BCUT2D eigenvalue weighted by Gasteiger charge is -2.46. The van der Waals surface area contributed by atoms with Gasteiger partial charge in [-0.3, -0.25) is 0 Å². The Morgan fingerprint density at radius 3 is 3.05 bits per heavy atom. The lowest BCUT2D eigenvalue weighted by molar-refractivity contribution is 0.102. The van der Waals surface area contributed by atoms with E-state index in [2.05, 4.69) is 21.8 Å². The number of likely N-dealkylation sites (tertiary alicyclic amines) is 1. The van der Waals surface area contributed by atoms with Crippen molar-refractivity contribution in [3.8, 4) is 0 Å². The number of anilines is 1. The topological polar surface area (TPSA) is 39.6 Å². The summed E-state index contributed by atoms with van der Waals surface area (Å²) in [5, 5.41) is 9.17. The Bertz CT molecular complexity index is 482. The first-order chi connectivity index (χ1) is 9.70. The summed E-state index contributed by atoms with van der Waals surface area (Å²) >= 11 is 0. The average molecular weight is 279 g/mol. The first kappa shape index (κ1) is 13.8. The highest BCUT2D eigenvalue weighted by molar-refractivity contribution is 5.43. The van der Waals surface area contributed by atoms with Crippen LogP contribution in [0.2, 0.25) is 0 Å². The molecule has 5 heteroatoms. The summed E-state index contributed by atoms with van der Waals surface area (Å²) in [5.74, 6) is 0.641. The predicted octanol–water partition coefficient (Wildman–Crippen LogP) is 1.63. The van der Waals surface area contributed by atoms with Crippen LogP contribution < -0.4 is 4.90 Å². The van der Waals surface area contributed by atoms with Gasteiger partial charge >= 0.3 is 0 Å². The highest BCUT2D eigenvalue weighted by Crippen LogP contribution is 2.32. The SMILES string of the molecule is CN1CCCC2CN(c3nccc(CO)c3F)CCC21. The molecule has 2 aliphatic rings.